The Balaban J connectivity index is 1.96. The summed E-state index contributed by atoms with van der Waals surface area (Å²) in [5.41, 5.74) is 0.858. The van der Waals surface area contributed by atoms with Gasteiger partial charge in [-0.15, -0.1) is 0 Å². The second-order valence-electron chi connectivity index (χ2n) is 5.22. The smallest absolute Gasteiger partial charge is 0.187 e. The van der Waals surface area contributed by atoms with Gasteiger partial charge in [-0.05, 0) is 12.8 Å². The minimum Gasteiger partial charge on any atom is -0.329 e. The molecule has 0 amide bonds. The van der Waals surface area contributed by atoms with Crippen molar-refractivity contribution < 1.29 is 13.2 Å². The summed E-state index contributed by atoms with van der Waals surface area (Å²) in [6, 6.07) is 0. The van der Waals surface area contributed by atoms with E-state index in [1.54, 1.807) is 18.7 Å². The van der Waals surface area contributed by atoms with E-state index in [-0.39, 0.29) is 11.5 Å². The Morgan fingerprint density at radius 2 is 2.19 bits per heavy atom. The first-order valence-corrected chi connectivity index (χ1v) is 10.8. The molecule has 0 N–H and O–H groups in total. The molecule has 1 fully saturated rings. The number of thiazole rings is 1. The van der Waals surface area contributed by atoms with Crippen molar-refractivity contribution in [3.63, 3.8) is 0 Å². The third-order valence-corrected chi connectivity index (χ3v) is 8.37. The summed E-state index contributed by atoms with van der Waals surface area (Å²) in [7, 11) is -3.15. The average Bonchev–Trinajstić information content (AvgIpc) is 2.93. The van der Waals surface area contributed by atoms with E-state index < -0.39 is 15.2 Å². The lowest BCUT2D eigenvalue weighted by Crippen LogP contribution is -2.48. The first-order valence-electron chi connectivity index (χ1n) is 7.12. The zero-order valence-corrected chi connectivity index (χ0v) is 14.3. The normalized spacial score (nSPS) is 23.2. The van der Waals surface area contributed by atoms with Crippen LogP contribution in [-0.2, 0) is 16.3 Å². The van der Waals surface area contributed by atoms with E-state index >= 15 is 0 Å². The summed E-state index contributed by atoms with van der Waals surface area (Å²) in [4.78, 5) is 19.2. The molecule has 2 heterocycles. The number of aryl methyl sites for hydroxylation is 1. The van der Waals surface area contributed by atoms with E-state index in [9.17, 15) is 13.2 Å². The number of carbonyl (C=O) groups excluding carboxylic acids is 1. The molecule has 0 radical (unpaired) electrons. The van der Waals surface area contributed by atoms with E-state index in [0.29, 0.717) is 23.8 Å². The standard InChI is InChI=1S/C13H18N2O3S3/c1-2-21(17,18)11-8-19-7-6-15(11)13-14-9-4-3-5-10(16)12(9)20-13/h11H,2-8H2,1H3. The molecule has 5 nitrogen and oxygen atoms in total. The summed E-state index contributed by atoms with van der Waals surface area (Å²) >= 11 is 3.04. The highest BCUT2D eigenvalue weighted by Gasteiger charge is 2.35. The van der Waals surface area contributed by atoms with Crippen molar-refractivity contribution in [1.29, 1.82) is 0 Å². The molecule has 1 aromatic rings. The van der Waals surface area contributed by atoms with Crippen LogP contribution in [0.2, 0.25) is 0 Å². The van der Waals surface area contributed by atoms with Crippen LogP contribution >= 0.6 is 23.1 Å². The Morgan fingerprint density at radius 1 is 1.38 bits per heavy atom. The van der Waals surface area contributed by atoms with Crippen LogP contribution in [0.3, 0.4) is 0 Å². The van der Waals surface area contributed by atoms with Gasteiger partial charge in [0.2, 0.25) is 0 Å². The molecule has 21 heavy (non-hydrogen) atoms. The molecule has 0 bridgehead atoms. The first-order chi connectivity index (χ1) is 10.0. The largest absolute Gasteiger partial charge is 0.329 e. The number of rotatable bonds is 3. The molecule has 0 aromatic carbocycles. The SMILES string of the molecule is CCS(=O)(=O)C1CSCCN1c1nc2c(s1)C(=O)CCC2. The molecule has 1 aliphatic heterocycles. The van der Waals surface area contributed by atoms with Crippen molar-refractivity contribution in [2.24, 2.45) is 0 Å². The minimum atomic E-state index is -3.15. The topological polar surface area (TPSA) is 67.3 Å². The van der Waals surface area contributed by atoms with Crippen LogP contribution in [-0.4, -0.2) is 48.4 Å². The van der Waals surface area contributed by atoms with Crippen LogP contribution in [0.1, 0.15) is 35.1 Å². The number of Topliss-reactive ketones (excluding diaryl/α,β-unsaturated/α-hetero) is 1. The monoisotopic (exact) mass is 346 g/mol. The fourth-order valence-corrected chi connectivity index (χ4v) is 6.86. The Morgan fingerprint density at radius 3 is 2.90 bits per heavy atom. The molecule has 3 rings (SSSR count). The predicted molar refractivity (Wildman–Crippen MR) is 87.3 cm³/mol. The van der Waals surface area contributed by atoms with Crippen molar-refractivity contribution >= 4 is 43.9 Å². The first kappa shape index (κ1) is 15.3. The average molecular weight is 346 g/mol. The van der Waals surface area contributed by atoms with Gasteiger partial charge in [-0.3, -0.25) is 4.79 Å². The quantitative estimate of drug-likeness (QED) is 0.834. The van der Waals surface area contributed by atoms with Crippen molar-refractivity contribution in [2.45, 2.75) is 31.6 Å². The van der Waals surface area contributed by atoms with Gasteiger partial charge < -0.3 is 4.90 Å². The third-order valence-electron chi connectivity index (χ3n) is 3.90. The maximum atomic E-state index is 12.3. The highest BCUT2D eigenvalue weighted by atomic mass is 32.2. The number of hydrogen-bond acceptors (Lipinski definition) is 7. The number of aromatic nitrogens is 1. The lowest BCUT2D eigenvalue weighted by Gasteiger charge is -2.34. The van der Waals surface area contributed by atoms with E-state index in [0.717, 1.165) is 29.2 Å². The van der Waals surface area contributed by atoms with Crippen molar-refractivity contribution in [1.82, 2.24) is 4.98 Å². The van der Waals surface area contributed by atoms with E-state index in [1.165, 1.54) is 11.3 Å². The van der Waals surface area contributed by atoms with Gasteiger partial charge in [-0.1, -0.05) is 18.3 Å². The summed E-state index contributed by atoms with van der Waals surface area (Å²) in [5, 5.41) is 0.196. The van der Waals surface area contributed by atoms with Crippen molar-refractivity contribution in [3.8, 4) is 0 Å². The van der Waals surface area contributed by atoms with Gasteiger partial charge >= 0.3 is 0 Å². The zero-order chi connectivity index (χ0) is 15.0. The molecule has 1 unspecified atom stereocenters. The second kappa shape index (κ2) is 5.89. The number of anilines is 1. The number of fused-ring (bicyclic) bond motifs is 1. The fraction of sp³-hybridized carbons (Fsp3) is 0.692. The van der Waals surface area contributed by atoms with Crippen LogP contribution in [0, 0.1) is 0 Å². The van der Waals surface area contributed by atoms with E-state index in [2.05, 4.69) is 4.98 Å². The van der Waals surface area contributed by atoms with Gasteiger partial charge in [0.05, 0.1) is 10.6 Å². The molecule has 1 aliphatic carbocycles. The van der Waals surface area contributed by atoms with Crippen molar-refractivity contribution in [2.75, 3.05) is 28.7 Å². The van der Waals surface area contributed by atoms with Crippen LogP contribution in [0.4, 0.5) is 5.13 Å². The number of sulfone groups is 1. The molecule has 8 heteroatoms. The number of thioether (sulfide) groups is 1. The van der Waals surface area contributed by atoms with Crippen molar-refractivity contribution in [3.05, 3.63) is 10.6 Å². The number of hydrogen-bond donors (Lipinski definition) is 0. The molecule has 0 spiro atoms. The highest BCUT2D eigenvalue weighted by Crippen LogP contribution is 2.35. The van der Waals surface area contributed by atoms with Crippen LogP contribution < -0.4 is 4.90 Å². The zero-order valence-electron chi connectivity index (χ0n) is 11.9. The Labute approximate surface area is 133 Å². The summed E-state index contributed by atoms with van der Waals surface area (Å²) in [6.07, 6.45) is 2.26. The third kappa shape index (κ3) is 2.85. The maximum absolute atomic E-state index is 12.3. The molecular weight excluding hydrogens is 328 g/mol. The summed E-state index contributed by atoms with van der Waals surface area (Å²) in [6.45, 7) is 2.36. The van der Waals surface area contributed by atoms with Gasteiger partial charge in [-0.25, -0.2) is 13.4 Å². The second-order valence-corrected chi connectivity index (χ2v) is 9.80. The predicted octanol–water partition coefficient (Wildman–Crippen LogP) is 1.98. The lowest BCUT2D eigenvalue weighted by molar-refractivity contribution is 0.0976. The number of carbonyl (C=O) groups is 1. The number of ketones is 1. The van der Waals surface area contributed by atoms with Gasteiger partial charge in [0, 0.05) is 30.2 Å². The Kier molecular flexibility index (Phi) is 4.29. The van der Waals surface area contributed by atoms with Gasteiger partial charge in [0.15, 0.2) is 20.8 Å². The highest BCUT2D eigenvalue weighted by molar-refractivity contribution is 8.01. The van der Waals surface area contributed by atoms with Gasteiger partial charge in [0.1, 0.15) is 5.37 Å². The minimum absolute atomic E-state index is 0.138. The molecule has 1 aromatic heterocycles. The van der Waals surface area contributed by atoms with Gasteiger partial charge in [0.25, 0.3) is 0 Å². The Bertz CT molecular complexity index is 654. The molecule has 2 aliphatic rings. The van der Waals surface area contributed by atoms with E-state index in [1.807, 2.05) is 4.90 Å². The maximum Gasteiger partial charge on any atom is 0.187 e. The fourth-order valence-electron chi connectivity index (χ4n) is 2.67. The Hall–Kier alpha value is -0.600. The molecular formula is C13H18N2O3S3. The molecule has 116 valence electrons. The van der Waals surface area contributed by atoms with E-state index in [4.69, 9.17) is 0 Å². The summed E-state index contributed by atoms with van der Waals surface area (Å²) < 4.78 is 24.6. The van der Waals surface area contributed by atoms with Crippen LogP contribution in [0.15, 0.2) is 0 Å². The van der Waals surface area contributed by atoms with Gasteiger partial charge in [-0.2, -0.15) is 11.8 Å². The summed E-state index contributed by atoms with van der Waals surface area (Å²) in [5.74, 6) is 1.77. The molecule has 0 saturated carbocycles. The van der Waals surface area contributed by atoms with Crippen LogP contribution in [0.5, 0.6) is 0 Å². The molecule has 1 saturated heterocycles. The number of nitrogens with zero attached hydrogens (tertiary/aromatic N) is 2. The lowest BCUT2D eigenvalue weighted by atomic mass is 10.0. The molecule has 1 atom stereocenters. The van der Waals surface area contributed by atoms with Crippen LogP contribution in [0.25, 0.3) is 0 Å².